The second kappa shape index (κ2) is 6.31. The highest BCUT2D eigenvalue weighted by molar-refractivity contribution is 7.09. The van der Waals surface area contributed by atoms with E-state index in [2.05, 4.69) is 33.4 Å². The number of thiophene rings is 1. The average Bonchev–Trinajstić information content (AvgIpc) is 3.14. The molecule has 0 amide bonds. The van der Waals surface area contributed by atoms with Gasteiger partial charge in [0.05, 0.1) is 12.2 Å². The predicted octanol–water partition coefficient (Wildman–Crippen LogP) is 2.74. The van der Waals surface area contributed by atoms with Gasteiger partial charge in [0.25, 0.3) is 11.3 Å². The molecule has 0 atom stereocenters. The van der Waals surface area contributed by atoms with Gasteiger partial charge in [-0.2, -0.15) is 9.50 Å². The van der Waals surface area contributed by atoms with Gasteiger partial charge in [-0.15, -0.1) is 11.3 Å². The summed E-state index contributed by atoms with van der Waals surface area (Å²) in [4.78, 5) is 22.5. The number of anilines is 1. The van der Waals surface area contributed by atoms with Crippen molar-refractivity contribution in [2.75, 3.05) is 5.32 Å². The minimum absolute atomic E-state index is 0.0485. The number of fused-ring (bicyclic) bond motifs is 1. The smallest absolute Gasteiger partial charge is 0.277 e. The summed E-state index contributed by atoms with van der Waals surface area (Å²) in [6, 6.07) is 4.06. The number of aromatic nitrogens is 4. The summed E-state index contributed by atoms with van der Waals surface area (Å²) < 4.78 is 1.43. The van der Waals surface area contributed by atoms with Crippen molar-refractivity contribution in [2.24, 2.45) is 0 Å². The molecule has 116 valence electrons. The van der Waals surface area contributed by atoms with Crippen molar-refractivity contribution in [3.63, 3.8) is 0 Å². The molecule has 0 unspecified atom stereocenters. The Balaban J connectivity index is 1.88. The summed E-state index contributed by atoms with van der Waals surface area (Å²) >= 11 is 1.68. The number of rotatable bonds is 6. The van der Waals surface area contributed by atoms with Crippen molar-refractivity contribution in [1.82, 2.24) is 19.6 Å². The Morgan fingerprint density at radius 1 is 1.41 bits per heavy atom. The number of nitrogens with zero attached hydrogens (tertiary/aromatic N) is 3. The molecule has 3 rings (SSSR count). The highest BCUT2D eigenvalue weighted by Crippen LogP contribution is 2.11. The van der Waals surface area contributed by atoms with E-state index in [9.17, 15) is 4.79 Å². The van der Waals surface area contributed by atoms with E-state index in [0.717, 1.165) is 30.5 Å². The van der Waals surface area contributed by atoms with Gasteiger partial charge in [-0.1, -0.05) is 19.4 Å². The van der Waals surface area contributed by atoms with Gasteiger partial charge in [0, 0.05) is 10.4 Å². The van der Waals surface area contributed by atoms with Crippen LogP contribution in [0.5, 0.6) is 0 Å². The normalized spacial score (nSPS) is 11.2. The van der Waals surface area contributed by atoms with E-state index in [1.165, 1.54) is 9.39 Å². The van der Waals surface area contributed by atoms with Crippen LogP contribution in [0.3, 0.4) is 0 Å². The minimum atomic E-state index is -0.0485. The maximum atomic E-state index is 12.5. The van der Waals surface area contributed by atoms with Gasteiger partial charge >= 0.3 is 0 Å². The fourth-order valence-corrected chi connectivity index (χ4v) is 3.00. The molecule has 0 saturated carbocycles. The second-order valence-corrected chi connectivity index (χ2v) is 6.26. The first-order valence-corrected chi connectivity index (χ1v) is 8.31. The highest BCUT2D eigenvalue weighted by Gasteiger charge is 2.12. The SMILES string of the molecule is CCCCc1c(C)nc2nc(NCc3cccs3)[nH]n2c1=O. The molecule has 7 heteroatoms. The van der Waals surface area contributed by atoms with E-state index in [1.807, 2.05) is 18.4 Å². The lowest BCUT2D eigenvalue weighted by atomic mass is 10.1. The molecule has 3 aromatic heterocycles. The molecule has 2 N–H and O–H groups in total. The minimum Gasteiger partial charge on any atom is -0.350 e. The summed E-state index contributed by atoms with van der Waals surface area (Å²) in [5.41, 5.74) is 1.50. The lowest BCUT2D eigenvalue weighted by Gasteiger charge is -2.03. The first-order valence-electron chi connectivity index (χ1n) is 7.43. The molecule has 0 bridgehead atoms. The van der Waals surface area contributed by atoms with Gasteiger partial charge < -0.3 is 5.32 Å². The molecule has 0 spiro atoms. The molecule has 0 aliphatic heterocycles. The Morgan fingerprint density at radius 2 is 2.27 bits per heavy atom. The van der Waals surface area contributed by atoms with Gasteiger partial charge in [0.2, 0.25) is 5.95 Å². The Morgan fingerprint density at radius 3 is 3.00 bits per heavy atom. The molecule has 0 aliphatic carbocycles. The molecule has 6 nitrogen and oxygen atoms in total. The quantitative estimate of drug-likeness (QED) is 0.733. The van der Waals surface area contributed by atoms with Crippen LogP contribution >= 0.6 is 11.3 Å². The second-order valence-electron chi connectivity index (χ2n) is 5.23. The van der Waals surface area contributed by atoms with Crippen LogP contribution in [0.2, 0.25) is 0 Å². The molecular weight excluding hydrogens is 298 g/mol. The zero-order chi connectivity index (χ0) is 15.5. The van der Waals surface area contributed by atoms with Crippen molar-refractivity contribution in [3.8, 4) is 0 Å². The first kappa shape index (κ1) is 14.8. The van der Waals surface area contributed by atoms with Crippen LogP contribution in [0.15, 0.2) is 22.3 Å². The van der Waals surface area contributed by atoms with E-state index in [0.29, 0.717) is 18.3 Å². The van der Waals surface area contributed by atoms with Crippen LogP contribution in [0, 0.1) is 6.92 Å². The first-order chi connectivity index (χ1) is 10.7. The van der Waals surface area contributed by atoms with Crippen molar-refractivity contribution in [2.45, 2.75) is 39.7 Å². The Labute approximate surface area is 132 Å². The molecular formula is C15H19N5OS. The average molecular weight is 317 g/mol. The van der Waals surface area contributed by atoms with E-state index >= 15 is 0 Å². The van der Waals surface area contributed by atoms with E-state index in [-0.39, 0.29) is 5.56 Å². The number of hydrogen-bond donors (Lipinski definition) is 2. The lowest BCUT2D eigenvalue weighted by molar-refractivity contribution is 0.759. The number of unbranched alkanes of at least 4 members (excludes halogenated alkanes) is 1. The van der Waals surface area contributed by atoms with Crippen LogP contribution < -0.4 is 10.9 Å². The monoisotopic (exact) mass is 317 g/mol. The highest BCUT2D eigenvalue weighted by atomic mass is 32.1. The van der Waals surface area contributed by atoms with Crippen LogP contribution in [-0.2, 0) is 13.0 Å². The fraction of sp³-hybridized carbons (Fsp3) is 0.400. The Kier molecular flexibility index (Phi) is 4.24. The summed E-state index contributed by atoms with van der Waals surface area (Å²) in [6.45, 7) is 4.66. The number of hydrogen-bond acceptors (Lipinski definition) is 5. The molecule has 3 aromatic rings. The maximum Gasteiger partial charge on any atom is 0.277 e. The summed E-state index contributed by atoms with van der Waals surface area (Å²) in [5, 5.41) is 8.22. The number of aryl methyl sites for hydroxylation is 1. The molecule has 3 heterocycles. The molecule has 0 radical (unpaired) electrons. The van der Waals surface area contributed by atoms with Gasteiger partial charge in [-0.25, -0.2) is 4.98 Å². The molecule has 0 saturated heterocycles. The largest absolute Gasteiger partial charge is 0.350 e. The van der Waals surface area contributed by atoms with Crippen LogP contribution in [-0.4, -0.2) is 19.6 Å². The fourth-order valence-electron chi connectivity index (χ4n) is 2.36. The third kappa shape index (κ3) is 2.89. The van der Waals surface area contributed by atoms with E-state index < -0.39 is 0 Å². The van der Waals surface area contributed by atoms with Gasteiger partial charge in [0.15, 0.2) is 0 Å². The third-order valence-corrected chi connectivity index (χ3v) is 4.46. The molecule has 0 aromatic carbocycles. The lowest BCUT2D eigenvalue weighted by Crippen LogP contribution is -2.22. The van der Waals surface area contributed by atoms with E-state index in [1.54, 1.807) is 11.3 Å². The zero-order valence-electron chi connectivity index (χ0n) is 12.7. The van der Waals surface area contributed by atoms with Crippen LogP contribution in [0.4, 0.5) is 5.95 Å². The van der Waals surface area contributed by atoms with Crippen molar-refractivity contribution in [1.29, 1.82) is 0 Å². The Bertz CT molecular complexity index is 818. The molecule has 0 aliphatic rings. The van der Waals surface area contributed by atoms with Gasteiger partial charge in [-0.05, 0) is 31.2 Å². The van der Waals surface area contributed by atoms with Crippen LogP contribution in [0.25, 0.3) is 5.78 Å². The molecule has 22 heavy (non-hydrogen) atoms. The summed E-state index contributed by atoms with van der Waals surface area (Å²) in [7, 11) is 0. The third-order valence-electron chi connectivity index (χ3n) is 3.59. The number of aromatic amines is 1. The zero-order valence-corrected chi connectivity index (χ0v) is 13.5. The predicted molar refractivity (Wildman–Crippen MR) is 88.6 cm³/mol. The van der Waals surface area contributed by atoms with Crippen LogP contribution in [0.1, 0.15) is 35.9 Å². The topological polar surface area (TPSA) is 75.1 Å². The summed E-state index contributed by atoms with van der Waals surface area (Å²) in [6.07, 6.45) is 2.80. The maximum absolute atomic E-state index is 12.5. The number of H-pyrrole nitrogens is 1. The van der Waals surface area contributed by atoms with Crippen molar-refractivity contribution < 1.29 is 0 Å². The van der Waals surface area contributed by atoms with Gasteiger partial charge in [-0.3, -0.25) is 9.89 Å². The molecule has 0 fully saturated rings. The van der Waals surface area contributed by atoms with Gasteiger partial charge in [0.1, 0.15) is 0 Å². The summed E-state index contributed by atoms with van der Waals surface area (Å²) in [5.74, 6) is 0.974. The van der Waals surface area contributed by atoms with Crippen molar-refractivity contribution in [3.05, 3.63) is 44.0 Å². The van der Waals surface area contributed by atoms with E-state index in [4.69, 9.17) is 0 Å². The number of nitrogens with one attached hydrogen (secondary N) is 2. The van der Waals surface area contributed by atoms with Crippen molar-refractivity contribution >= 4 is 23.1 Å². The Hall–Kier alpha value is -2.15. The standard InChI is InChI=1S/C15H19N5OS/c1-3-4-7-12-10(2)17-15-18-14(19-20(15)13(12)21)16-9-11-6-5-8-22-11/h5-6,8H,3-4,7,9H2,1-2H3,(H2,16,17,18,19).